The Labute approximate surface area is 127 Å². The van der Waals surface area contributed by atoms with E-state index < -0.39 is 0 Å². The van der Waals surface area contributed by atoms with Gasteiger partial charge in [-0.3, -0.25) is 0 Å². The van der Waals surface area contributed by atoms with Crippen molar-refractivity contribution in [2.45, 2.75) is 25.7 Å². The lowest BCUT2D eigenvalue weighted by Gasteiger charge is -2.12. The average Bonchev–Trinajstić information content (AvgIpc) is 2.82. The Morgan fingerprint density at radius 2 is 1.95 bits per heavy atom. The minimum Gasteiger partial charge on any atom is -0.319 e. The van der Waals surface area contributed by atoms with E-state index in [0.29, 0.717) is 0 Å². The van der Waals surface area contributed by atoms with E-state index in [1.807, 2.05) is 7.05 Å². The van der Waals surface area contributed by atoms with E-state index in [2.05, 4.69) is 60.0 Å². The van der Waals surface area contributed by atoms with Crippen molar-refractivity contribution in [3.05, 3.63) is 76.9 Å². The summed E-state index contributed by atoms with van der Waals surface area (Å²) in [5.41, 5.74) is 7.21. The van der Waals surface area contributed by atoms with Gasteiger partial charge in [0.1, 0.15) is 0 Å². The monoisotopic (exact) mass is 277 g/mol. The Morgan fingerprint density at radius 1 is 1.10 bits per heavy atom. The predicted octanol–water partition coefficient (Wildman–Crippen LogP) is 4.44. The molecule has 0 spiro atoms. The van der Waals surface area contributed by atoms with Crippen molar-refractivity contribution in [3.8, 4) is 0 Å². The molecule has 21 heavy (non-hydrogen) atoms. The molecule has 0 aliphatic heterocycles. The maximum atomic E-state index is 3.24. The number of benzene rings is 1. The minimum absolute atomic E-state index is 1.02. The van der Waals surface area contributed by atoms with Crippen molar-refractivity contribution in [2.75, 3.05) is 13.6 Å². The van der Waals surface area contributed by atoms with E-state index >= 15 is 0 Å². The molecular weight excluding hydrogens is 254 g/mol. The van der Waals surface area contributed by atoms with Gasteiger partial charge in [-0.25, -0.2) is 0 Å². The molecular formula is C20H23N. The lowest BCUT2D eigenvalue weighted by molar-refractivity contribution is 0.808. The second kappa shape index (κ2) is 6.73. The molecule has 0 bridgehead atoms. The van der Waals surface area contributed by atoms with Gasteiger partial charge in [0, 0.05) is 0 Å². The molecule has 0 fully saturated rings. The molecule has 1 heteroatoms. The van der Waals surface area contributed by atoms with Gasteiger partial charge in [0.15, 0.2) is 0 Å². The highest BCUT2D eigenvalue weighted by atomic mass is 14.8. The second-order valence-electron chi connectivity index (χ2n) is 5.65. The van der Waals surface area contributed by atoms with Gasteiger partial charge in [0.05, 0.1) is 0 Å². The van der Waals surface area contributed by atoms with Gasteiger partial charge < -0.3 is 5.32 Å². The molecule has 0 heterocycles. The summed E-state index contributed by atoms with van der Waals surface area (Å²) >= 11 is 0. The lowest BCUT2D eigenvalue weighted by Crippen LogP contribution is -2.06. The van der Waals surface area contributed by atoms with Gasteiger partial charge in [-0.15, -0.1) is 0 Å². The predicted molar refractivity (Wildman–Crippen MR) is 91.2 cm³/mol. The van der Waals surface area contributed by atoms with E-state index in [1.54, 1.807) is 0 Å². The lowest BCUT2D eigenvalue weighted by atomic mass is 9.92. The van der Waals surface area contributed by atoms with Crippen LogP contribution in [0.4, 0.5) is 0 Å². The van der Waals surface area contributed by atoms with Crippen molar-refractivity contribution in [1.82, 2.24) is 5.32 Å². The van der Waals surface area contributed by atoms with Crippen LogP contribution in [-0.4, -0.2) is 13.6 Å². The van der Waals surface area contributed by atoms with Crippen LogP contribution in [0.1, 0.15) is 30.4 Å². The summed E-state index contributed by atoms with van der Waals surface area (Å²) < 4.78 is 0. The van der Waals surface area contributed by atoms with Crippen molar-refractivity contribution in [3.63, 3.8) is 0 Å². The van der Waals surface area contributed by atoms with Crippen LogP contribution in [0.5, 0.6) is 0 Å². The van der Waals surface area contributed by atoms with Gasteiger partial charge in [-0.1, -0.05) is 54.6 Å². The smallest absolute Gasteiger partial charge is 0.00169 e. The standard InChI is InChI=1S/C20H23N/c1-21-15-7-12-20-18-10-4-2-3-8-16(18)13-14-17-9-5-6-11-19(17)20/h3-6,8-12,21H,2,7,13-15H2,1H3/b20-12-. The largest absolute Gasteiger partial charge is 0.319 e. The number of allylic oxidation sites excluding steroid dienone is 7. The first-order valence-corrected chi connectivity index (χ1v) is 7.90. The zero-order valence-corrected chi connectivity index (χ0v) is 12.7. The molecule has 2 aliphatic carbocycles. The Hall–Kier alpha value is -1.86. The normalized spacial score (nSPS) is 19.2. The van der Waals surface area contributed by atoms with Gasteiger partial charge in [-0.2, -0.15) is 0 Å². The fourth-order valence-corrected chi connectivity index (χ4v) is 3.15. The maximum Gasteiger partial charge on any atom is -0.00169 e. The maximum absolute atomic E-state index is 3.24. The molecule has 0 unspecified atom stereocenters. The fraction of sp³-hybridized carbons (Fsp3) is 0.300. The molecule has 3 rings (SSSR count). The second-order valence-corrected chi connectivity index (χ2v) is 5.65. The summed E-state index contributed by atoms with van der Waals surface area (Å²) in [5, 5.41) is 3.24. The third-order valence-electron chi connectivity index (χ3n) is 4.23. The van der Waals surface area contributed by atoms with Crippen LogP contribution in [-0.2, 0) is 6.42 Å². The molecule has 0 amide bonds. The van der Waals surface area contributed by atoms with Crippen LogP contribution in [0.15, 0.2) is 65.8 Å². The molecule has 0 saturated carbocycles. The molecule has 1 N–H and O–H groups in total. The summed E-state index contributed by atoms with van der Waals surface area (Å²) in [5.74, 6) is 0. The van der Waals surface area contributed by atoms with Gasteiger partial charge in [-0.05, 0) is 67.1 Å². The van der Waals surface area contributed by atoms with Crippen LogP contribution < -0.4 is 5.32 Å². The quantitative estimate of drug-likeness (QED) is 0.805. The Bertz CT molecular complexity index is 629. The van der Waals surface area contributed by atoms with E-state index in [4.69, 9.17) is 0 Å². The highest BCUT2D eigenvalue weighted by molar-refractivity contribution is 5.85. The molecule has 1 aromatic carbocycles. The molecule has 1 aromatic rings. The van der Waals surface area contributed by atoms with Crippen molar-refractivity contribution in [1.29, 1.82) is 0 Å². The molecule has 0 saturated heterocycles. The van der Waals surface area contributed by atoms with E-state index in [1.165, 1.54) is 27.8 Å². The molecule has 0 aromatic heterocycles. The summed E-state index contributed by atoms with van der Waals surface area (Å²) in [4.78, 5) is 0. The Kier molecular flexibility index (Phi) is 4.52. The first kappa shape index (κ1) is 14.1. The van der Waals surface area contributed by atoms with Crippen molar-refractivity contribution >= 4 is 5.57 Å². The summed E-state index contributed by atoms with van der Waals surface area (Å²) in [6.07, 6.45) is 16.0. The van der Waals surface area contributed by atoms with Crippen LogP contribution in [0.2, 0.25) is 0 Å². The van der Waals surface area contributed by atoms with Crippen LogP contribution in [0.3, 0.4) is 0 Å². The van der Waals surface area contributed by atoms with E-state index in [-0.39, 0.29) is 0 Å². The fourth-order valence-electron chi connectivity index (χ4n) is 3.15. The molecule has 0 radical (unpaired) electrons. The van der Waals surface area contributed by atoms with Crippen LogP contribution in [0, 0.1) is 0 Å². The van der Waals surface area contributed by atoms with Gasteiger partial charge in [0.25, 0.3) is 0 Å². The zero-order valence-electron chi connectivity index (χ0n) is 12.7. The zero-order chi connectivity index (χ0) is 14.5. The third-order valence-corrected chi connectivity index (χ3v) is 4.23. The topological polar surface area (TPSA) is 12.0 Å². The number of rotatable bonds is 3. The molecule has 108 valence electrons. The highest BCUT2D eigenvalue weighted by Gasteiger charge is 2.18. The molecule has 2 aliphatic rings. The number of aryl methyl sites for hydroxylation is 1. The van der Waals surface area contributed by atoms with Crippen LogP contribution in [0.25, 0.3) is 5.57 Å². The number of hydrogen-bond acceptors (Lipinski definition) is 1. The summed E-state index contributed by atoms with van der Waals surface area (Å²) in [7, 11) is 2.01. The number of nitrogens with one attached hydrogen (secondary N) is 1. The Balaban J connectivity index is 2.10. The summed E-state index contributed by atoms with van der Waals surface area (Å²) in [6, 6.07) is 8.87. The number of fused-ring (bicyclic) bond motifs is 1. The first-order valence-electron chi connectivity index (χ1n) is 7.90. The van der Waals surface area contributed by atoms with Crippen molar-refractivity contribution < 1.29 is 0 Å². The Morgan fingerprint density at radius 3 is 2.86 bits per heavy atom. The third kappa shape index (κ3) is 3.08. The van der Waals surface area contributed by atoms with Crippen molar-refractivity contribution in [2.24, 2.45) is 0 Å². The van der Waals surface area contributed by atoms with Gasteiger partial charge >= 0.3 is 0 Å². The first-order chi connectivity index (χ1) is 10.4. The minimum atomic E-state index is 1.02. The van der Waals surface area contributed by atoms with E-state index in [9.17, 15) is 0 Å². The van der Waals surface area contributed by atoms with E-state index in [0.717, 1.165) is 32.2 Å². The molecule has 0 atom stereocenters. The molecule has 1 nitrogen and oxygen atoms in total. The summed E-state index contributed by atoms with van der Waals surface area (Å²) in [6.45, 7) is 1.02. The SMILES string of the molecule is CNCC/C=C1/C2=C(C=CCC=C2)CCc2ccccc21. The van der Waals surface area contributed by atoms with Gasteiger partial charge in [0.2, 0.25) is 0 Å². The van der Waals surface area contributed by atoms with Crippen LogP contribution >= 0.6 is 0 Å². The number of hydrogen-bond donors (Lipinski definition) is 1. The highest BCUT2D eigenvalue weighted by Crippen LogP contribution is 2.36. The average molecular weight is 277 g/mol.